The van der Waals surface area contributed by atoms with Crippen LogP contribution in [0.15, 0.2) is 52.3 Å². The molecule has 0 bridgehead atoms. The van der Waals surface area contributed by atoms with Gasteiger partial charge in [-0.3, -0.25) is 4.79 Å². The molecule has 11 nitrogen and oxygen atoms in total. The third-order valence-corrected chi connectivity index (χ3v) is 5.66. The molecule has 0 heterocycles. The summed E-state index contributed by atoms with van der Waals surface area (Å²) in [6.45, 7) is 1.29. The normalized spacial score (nSPS) is 12.7. The first-order valence-corrected chi connectivity index (χ1v) is 11.3. The molecule has 162 valence electrons. The maximum absolute atomic E-state index is 12.4. The number of hydrogen-bond donors (Lipinski definition) is 3. The minimum Gasteiger partial charge on any atom is -0.496 e. The minimum atomic E-state index is -4.08. The number of rotatable bonds is 7. The van der Waals surface area contributed by atoms with Gasteiger partial charge in [-0.1, -0.05) is 0 Å². The Morgan fingerprint density at radius 1 is 0.933 bits per heavy atom. The number of nitrogens with two attached hydrogens (primary N) is 2. The van der Waals surface area contributed by atoms with Crippen LogP contribution < -0.4 is 20.3 Å². The highest BCUT2D eigenvalue weighted by molar-refractivity contribution is 7.89. The van der Waals surface area contributed by atoms with Gasteiger partial charge in [-0.15, -0.1) is 0 Å². The molecule has 5 N–H and O–H groups in total. The number of carbonyl (C=O) groups is 2. The lowest BCUT2D eigenvalue weighted by molar-refractivity contribution is -0.123. The summed E-state index contributed by atoms with van der Waals surface area (Å²) in [5.41, 5.74) is 0.00489. The monoisotopic (exact) mass is 457 g/mol. The van der Waals surface area contributed by atoms with E-state index in [2.05, 4.69) is 5.32 Å². The Morgan fingerprint density at radius 3 is 1.97 bits per heavy atom. The maximum atomic E-state index is 12.4. The number of nitrogens with one attached hydrogen (secondary N) is 1. The molecule has 2 rings (SSSR count). The van der Waals surface area contributed by atoms with Gasteiger partial charge < -0.3 is 14.8 Å². The standard InChI is InChI=1S/C17H19N3O8S2/c1-10(16(21)20-11-3-5-12(6-4-11)29(18,23)24)28-17(22)14-9-13(30(19,25)26)7-8-15(14)27-2/h3-10H,1-2H3,(H,20,21)(H2,18,23,24)(H2,19,25,26). The van der Waals surface area contributed by atoms with Crippen LogP contribution in [-0.2, 0) is 29.6 Å². The number of methoxy groups -OCH3 is 1. The van der Waals surface area contributed by atoms with E-state index >= 15 is 0 Å². The molecule has 0 saturated carbocycles. The molecule has 30 heavy (non-hydrogen) atoms. The number of hydrogen-bond acceptors (Lipinski definition) is 8. The van der Waals surface area contributed by atoms with Gasteiger partial charge in [0.25, 0.3) is 5.91 Å². The van der Waals surface area contributed by atoms with Crippen LogP contribution >= 0.6 is 0 Å². The molecule has 0 fully saturated rings. The first-order chi connectivity index (χ1) is 13.8. The summed E-state index contributed by atoms with van der Waals surface area (Å²) in [6.07, 6.45) is -1.28. The predicted molar refractivity (Wildman–Crippen MR) is 106 cm³/mol. The quantitative estimate of drug-likeness (QED) is 0.491. The number of carbonyl (C=O) groups excluding carboxylic acids is 2. The predicted octanol–water partition coefficient (Wildman–Crippen LogP) is 0.174. The number of primary sulfonamides is 2. The van der Waals surface area contributed by atoms with E-state index in [4.69, 9.17) is 19.8 Å². The highest BCUT2D eigenvalue weighted by atomic mass is 32.2. The van der Waals surface area contributed by atoms with E-state index in [1.807, 2.05) is 0 Å². The first-order valence-electron chi connectivity index (χ1n) is 8.18. The van der Waals surface area contributed by atoms with Crippen molar-refractivity contribution in [2.24, 2.45) is 10.3 Å². The summed E-state index contributed by atoms with van der Waals surface area (Å²) >= 11 is 0. The van der Waals surface area contributed by atoms with Crippen LogP contribution in [0.1, 0.15) is 17.3 Å². The van der Waals surface area contributed by atoms with Crippen molar-refractivity contribution in [2.45, 2.75) is 22.8 Å². The molecule has 0 aliphatic heterocycles. The average molecular weight is 457 g/mol. The summed E-state index contributed by atoms with van der Waals surface area (Å²) in [4.78, 5) is 24.2. The molecular weight excluding hydrogens is 438 g/mol. The summed E-state index contributed by atoms with van der Waals surface area (Å²) in [5.74, 6) is -1.70. The first kappa shape index (κ1) is 23.3. The number of sulfonamides is 2. The molecule has 0 spiro atoms. The van der Waals surface area contributed by atoms with Gasteiger partial charge in [-0.05, 0) is 49.4 Å². The van der Waals surface area contributed by atoms with Crippen molar-refractivity contribution >= 4 is 37.6 Å². The second-order valence-electron chi connectivity index (χ2n) is 6.01. The van der Waals surface area contributed by atoms with Crippen LogP contribution in [0.5, 0.6) is 5.75 Å². The minimum absolute atomic E-state index is 0.0265. The zero-order chi connectivity index (χ0) is 22.7. The fraction of sp³-hybridized carbons (Fsp3) is 0.176. The molecule has 0 aliphatic rings. The lowest BCUT2D eigenvalue weighted by Crippen LogP contribution is -2.30. The zero-order valence-corrected chi connectivity index (χ0v) is 17.5. The lowest BCUT2D eigenvalue weighted by atomic mass is 10.2. The molecule has 0 aromatic heterocycles. The Bertz CT molecular complexity index is 1180. The second-order valence-corrected chi connectivity index (χ2v) is 9.14. The number of benzene rings is 2. The van der Waals surface area contributed by atoms with Gasteiger partial charge in [0, 0.05) is 5.69 Å². The topological polar surface area (TPSA) is 185 Å². The van der Waals surface area contributed by atoms with Gasteiger partial charge in [0.1, 0.15) is 11.3 Å². The molecule has 1 amide bonds. The second kappa shape index (κ2) is 8.79. The highest BCUT2D eigenvalue weighted by Gasteiger charge is 2.23. The van der Waals surface area contributed by atoms with Crippen LogP contribution in [-0.4, -0.2) is 41.9 Å². The Labute approximate surface area is 173 Å². The average Bonchev–Trinajstić information content (AvgIpc) is 2.66. The van der Waals surface area contributed by atoms with Crippen molar-refractivity contribution in [1.82, 2.24) is 0 Å². The lowest BCUT2D eigenvalue weighted by Gasteiger charge is -2.15. The third-order valence-electron chi connectivity index (χ3n) is 3.82. The van der Waals surface area contributed by atoms with Crippen LogP contribution in [0.4, 0.5) is 5.69 Å². The summed E-state index contributed by atoms with van der Waals surface area (Å²) < 4.78 is 55.6. The van der Waals surface area contributed by atoms with Crippen LogP contribution in [0.2, 0.25) is 0 Å². The summed E-state index contributed by atoms with van der Waals surface area (Å²) in [5, 5.41) is 12.5. The fourth-order valence-corrected chi connectivity index (χ4v) is 3.33. The smallest absolute Gasteiger partial charge is 0.342 e. The highest BCUT2D eigenvalue weighted by Crippen LogP contribution is 2.23. The molecule has 1 unspecified atom stereocenters. The molecular formula is C17H19N3O8S2. The summed E-state index contributed by atoms with van der Waals surface area (Å²) in [7, 11) is -6.69. The van der Waals surface area contributed by atoms with Gasteiger partial charge in [-0.25, -0.2) is 31.9 Å². The van der Waals surface area contributed by atoms with Gasteiger partial charge in [0.15, 0.2) is 6.10 Å². The third kappa shape index (κ3) is 5.76. The Kier molecular flexibility index (Phi) is 6.82. The number of anilines is 1. The van der Waals surface area contributed by atoms with Crippen molar-refractivity contribution in [3.05, 3.63) is 48.0 Å². The SMILES string of the molecule is COc1ccc(S(N)(=O)=O)cc1C(=O)OC(C)C(=O)Nc1ccc(S(N)(=O)=O)cc1. The van der Waals surface area contributed by atoms with Crippen molar-refractivity contribution in [3.8, 4) is 5.75 Å². The van der Waals surface area contributed by atoms with E-state index in [-0.39, 0.29) is 26.8 Å². The zero-order valence-electron chi connectivity index (χ0n) is 15.9. The molecule has 0 radical (unpaired) electrons. The van der Waals surface area contributed by atoms with Gasteiger partial charge >= 0.3 is 5.97 Å². The van der Waals surface area contributed by atoms with Crippen LogP contribution in [0, 0.1) is 0 Å². The van der Waals surface area contributed by atoms with Crippen LogP contribution in [0.25, 0.3) is 0 Å². The van der Waals surface area contributed by atoms with E-state index in [0.29, 0.717) is 0 Å². The van der Waals surface area contributed by atoms with Crippen molar-refractivity contribution < 1.29 is 35.9 Å². The van der Waals surface area contributed by atoms with Crippen molar-refractivity contribution in [1.29, 1.82) is 0 Å². The Balaban J connectivity index is 2.14. The van der Waals surface area contributed by atoms with Gasteiger partial charge in [0.05, 0.1) is 16.9 Å². The van der Waals surface area contributed by atoms with E-state index < -0.39 is 38.0 Å². The Hall–Kier alpha value is -3.00. The number of amides is 1. The van der Waals surface area contributed by atoms with Crippen LogP contribution in [0.3, 0.4) is 0 Å². The van der Waals surface area contributed by atoms with E-state index in [0.717, 1.165) is 12.1 Å². The molecule has 0 saturated heterocycles. The van der Waals surface area contributed by atoms with E-state index in [1.54, 1.807) is 0 Å². The molecule has 2 aromatic carbocycles. The van der Waals surface area contributed by atoms with Gasteiger partial charge in [-0.2, -0.15) is 0 Å². The maximum Gasteiger partial charge on any atom is 0.342 e. The number of esters is 1. The van der Waals surface area contributed by atoms with Crippen molar-refractivity contribution in [3.63, 3.8) is 0 Å². The fourth-order valence-electron chi connectivity index (χ4n) is 2.27. The molecule has 0 aliphatic carbocycles. The molecule has 2 aromatic rings. The Morgan fingerprint density at radius 2 is 1.47 bits per heavy atom. The number of ether oxygens (including phenoxy) is 2. The van der Waals surface area contributed by atoms with Gasteiger partial charge in [0.2, 0.25) is 20.0 Å². The summed E-state index contributed by atoms with van der Waals surface area (Å²) in [6, 6.07) is 8.39. The van der Waals surface area contributed by atoms with Crippen molar-refractivity contribution in [2.75, 3.05) is 12.4 Å². The largest absolute Gasteiger partial charge is 0.496 e. The molecule has 1 atom stereocenters. The van der Waals surface area contributed by atoms with E-state index in [9.17, 15) is 26.4 Å². The van der Waals surface area contributed by atoms with E-state index in [1.165, 1.54) is 44.4 Å². The molecule has 13 heteroatoms.